The summed E-state index contributed by atoms with van der Waals surface area (Å²) < 4.78 is 10.9. The zero-order chi connectivity index (χ0) is 17.5. The number of furan rings is 1. The molecule has 0 bridgehead atoms. The minimum Gasteiger partial charge on any atom is -0.492 e. The molecule has 0 fully saturated rings. The zero-order valence-electron chi connectivity index (χ0n) is 12.3. The maximum Gasteiger partial charge on any atom is 0.305 e. The number of nitrogens with one attached hydrogen (secondary N) is 2. The van der Waals surface area contributed by atoms with Gasteiger partial charge in [0.25, 0.3) is 0 Å². The molecule has 2 N–H and O–H groups in total. The molecular weight excluding hydrogens is 423 g/mol. The van der Waals surface area contributed by atoms with Gasteiger partial charge in [0.1, 0.15) is 5.75 Å². The summed E-state index contributed by atoms with van der Waals surface area (Å²) in [5, 5.41) is 0.926. The lowest BCUT2D eigenvalue weighted by molar-refractivity contribution is -0.122. The fraction of sp³-hybridized carbons (Fsp3) is 0.200. The van der Waals surface area contributed by atoms with Crippen molar-refractivity contribution in [2.45, 2.75) is 12.8 Å². The fourth-order valence-electron chi connectivity index (χ4n) is 1.69. The summed E-state index contributed by atoms with van der Waals surface area (Å²) in [4.78, 5) is 23.3. The molecule has 9 heteroatoms. The van der Waals surface area contributed by atoms with Crippen molar-refractivity contribution in [3.8, 4) is 5.75 Å². The zero-order valence-corrected chi connectivity index (χ0v) is 15.4. The first kappa shape index (κ1) is 18.6. The molecule has 0 saturated heterocycles. The monoisotopic (exact) mass is 434 g/mol. The summed E-state index contributed by atoms with van der Waals surface area (Å²) in [5.74, 6) is -0.306. The smallest absolute Gasteiger partial charge is 0.305 e. The molecule has 0 atom stereocenters. The Morgan fingerprint density at radius 1 is 1.17 bits per heavy atom. The van der Waals surface area contributed by atoms with E-state index in [-0.39, 0.29) is 18.1 Å². The highest BCUT2D eigenvalue weighted by molar-refractivity contribution is 9.10. The minimum absolute atomic E-state index is 0.0860. The first-order valence-electron chi connectivity index (χ1n) is 6.88. The predicted octanol–water partition coefficient (Wildman–Crippen LogP) is 3.97. The molecule has 128 valence electrons. The van der Waals surface area contributed by atoms with E-state index < -0.39 is 5.91 Å². The molecule has 2 amide bonds. The molecule has 1 heterocycles. The number of halogens is 3. The van der Waals surface area contributed by atoms with Crippen LogP contribution in [0.2, 0.25) is 10.0 Å². The maximum atomic E-state index is 11.7. The van der Waals surface area contributed by atoms with Crippen molar-refractivity contribution in [3.05, 3.63) is 50.8 Å². The fourth-order valence-corrected chi connectivity index (χ4v) is 2.46. The number of benzene rings is 1. The summed E-state index contributed by atoms with van der Waals surface area (Å²) in [5.41, 5.74) is 4.55. The molecule has 0 radical (unpaired) electrons. The first-order valence-corrected chi connectivity index (χ1v) is 8.43. The van der Waals surface area contributed by atoms with Crippen LogP contribution >= 0.6 is 39.1 Å². The second-order valence-electron chi connectivity index (χ2n) is 4.63. The van der Waals surface area contributed by atoms with Gasteiger partial charge in [-0.25, -0.2) is 0 Å². The SMILES string of the molecule is O=C(CCCOc1ccc(Cl)cc1Cl)NNC(=O)c1ccc(Br)o1. The van der Waals surface area contributed by atoms with Crippen molar-refractivity contribution in [1.29, 1.82) is 0 Å². The largest absolute Gasteiger partial charge is 0.492 e. The number of amides is 2. The van der Waals surface area contributed by atoms with Crippen LogP contribution in [-0.2, 0) is 4.79 Å². The van der Waals surface area contributed by atoms with Crippen molar-refractivity contribution in [3.63, 3.8) is 0 Å². The van der Waals surface area contributed by atoms with Crippen LogP contribution in [0.25, 0.3) is 0 Å². The molecular formula is C15H13BrCl2N2O4. The van der Waals surface area contributed by atoms with Gasteiger partial charge in [-0.05, 0) is 52.7 Å². The second kappa shape index (κ2) is 8.96. The molecule has 0 aliphatic carbocycles. The van der Waals surface area contributed by atoms with Gasteiger partial charge in [-0.1, -0.05) is 23.2 Å². The van der Waals surface area contributed by atoms with Crippen LogP contribution in [0.4, 0.5) is 0 Å². The molecule has 0 saturated carbocycles. The maximum absolute atomic E-state index is 11.7. The van der Waals surface area contributed by atoms with Gasteiger partial charge in [0.15, 0.2) is 10.4 Å². The summed E-state index contributed by atoms with van der Waals surface area (Å²) in [6.45, 7) is 0.299. The summed E-state index contributed by atoms with van der Waals surface area (Å²) in [7, 11) is 0. The van der Waals surface area contributed by atoms with Crippen molar-refractivity contribution in [1.82, 2.24) is 10.9 Å². The number of hydrogen-bond acceptors (Lipinski definition) is 4. The Morgan fingerprint density at radius 3 is 2.62 bits per heavy atom. The molecule has 0 aliphatic heterocycles. The summed E-state index contributed by atoms with van der Waals surface area (Å²) >= 11 is 14.8. The van der Waals surface area contributed by atoms with Crippen LogP contribution < -0.4 is 15.6 Å². The Bertz CT molecular complexity index is 736. The number of hydrazine groups is 1. The van der Waals surface area contributed by atoms with Crippen LogP contribution in [0.15, 0.2) is 39.4 Å². The molecule has 0 unspecified atom stereocenters. The van der Waals surface area contributed by atoms with Gasteiger partial charge < -0.3 is 9.15 Å². The minimum atomic E-state index is -0.543. The van der Waals surface area contributed by atoms with Gasteiger partial charge in [-0.2, -0.15) is 0 Å². The normalized spacial score (nSPS) is 10.3. The Balaban J connectivity index is 1.65. The molecule has 6 nitrogen and oxygen atoms in total. The van der Waals surface area contributed by atoms with Gasteiger partial charge in [-0.3, -0.25) is 20.4 Å². The third-order valence-corrected chi connectivity index (χ3v) is 3.77. The highest BCUT2D eigenvalue weighted by atomic mass is 79.9. The van der Waals surface area contributed by atoms with E-state index in [0.717, 1.165) is 0 Å². The summed E-state index contributed by atoms with van der Waals surface area (Å²) in [6.07, 6.45) is 0.625. The van der Waals surface area contributed by atoms with Crippen LogP contribution in [0.1, 0.15) is 23.4 Å². The third-order valence-electron chi connectivity index (χ3n) is 2.81. The average molecular weight is 436 g/mol. The molecule has 2 aromatic rings. The lowest BCUT2D eigenvalue weighted by atomic mass is 10.3. The first-order chi connectivity index (χ1) is 11.5. The number of rotatable bonds is 6. The Hall–Kier alpha value is -1.70. The van der Waals surface area contributed by atoms with E-state index in [9.17, 15) is 9.59 Å². The molecule has 1 aromatic carbocycles. The average Bonchev–Trinajstić information content (AvgIpc) is 2.97. The van der Waals surface area contributed by atoms with Gasteiger partial charge >= 0.3 is 5.91 Å². The predicted molar refractivity (Wildman–Crippen MR) is 93.2 cm³/mol. The molecule has 24 heavy (non-hydrogen) atoms. The number of ether oxygens (including phenoxy) is 1. The van der Waals surface area contributed by atoms with Crippen LogP contribution in [0.5, 0.6) is 5.75 Å². The second-order valence-corrected chi connectivity index (χ2v) is 6.26. The van der Waals surface area contributed by atoms with Crippen LogP contribution in [0.3, 0.4) is 0 Å². The van der Waals surface area contributed by atoms with E-state index >= 15 is 0 Å². The number of carbonyl (C=O) groups is 2. The van der Waals surface area contributed by atoms with Gasteiger partial charge in [0.05, 0.1) is 11.6 Å². The van der Waals surface area contributed by atoms with E-state index in [1.807, 2.05) is 0 Å². The standard InChI is InChI=1S/C15H13BrCl2N2O4/c16-13-6-5-12(24-13)15(22)20-19-14(21)2-1-7-23-11-4-3-9(17)8-10(11)18/h3-6,8H,1-2,7H2,(H,19,21)(H,20,22). The molecule has 0 spiro atoms. The van der Waals surface area contributed by atoms with Crippen molar-refractivity contribution < 1.29 is 18.7 Å². The van der Waals surface area contributed by atoms with Crippen LogP contribution in [0, 0.1) is 0 Å². The third kappa shape index (κ3) is 5.74. The van der Waals surface area contributed by atoms with E-state index in [1.54, 1.807) is 24.3 Å². The van der Waals surface area contributed by atoms with E-state index in [0.29, 0.717) is 33.5 Å². The Morgan fingerprint density at radius 2 is 1.96 bits per heavy atom. The van der Waals surface area contributed by atoms with Gasteiger partial charge in [-0.15, -0.1) is 0 Å². The highest BCUT2D eigenvalue weighted by Crippen LogP contribution is 2.27. The lowest BCUT2D eigenvalue weighted by Gasteiger charge is -2.09. The van der Waals surface area contributed by atoms with Gasteiger partial charge in [0, 0.05) is 11.4 Å². The lowest BCUT2D eigenvalue weighted by Crippen LogP contribution is -2.41. The molecule has 0 aliphatic rings. The Labute approximate surface area is 156 Å². The van der Waals surface area contributed by atoms with Crippen molar-refractivity contribution >= 4 is 50.9 Å². The number of carbonyl (C=O) groups excluding carboxylic acids is 2. The van der Waals surface area contributed by atoms with E-state index in [2.05, 4.69) is 26.8 Å². The summed E-state index contributed by atoms with van der Waals surface area (Å²) in [6, 6.07) is 7.96. The topological polar surface area (TPSA) is 80.6 Å². The van der Waals surface area contributed by atoms with Gasteiger partial charge in [0.2, 0.25) is 5.91 Å². The Kier molecular flexibility index (Phi) is 6.96. The van der Waals surface area contributed by atoms with Crippen molar-refractivity contribution in [2.75, 3.05) is 6.61 Å². The van der Waals surface area contributed by atoms with E-state index in [1.165, 1.54) is 6.07 Å². The number of hydrogen-bond donors (Lipinski definition) is 2. The molecule has 1 aromatic heterocycles. The molecule has 2 rings (SSSR count). The van der Waals surface area contributed by atoms with E-state index in [4.69, 9.17) is 32.4 Å². The highest BCUT2D eigenvalue weighted by Gasteiger charge is 2.11. The van der Waals surface area contributed by atoms with Crippen molar-refractivity contribution in [2.24, 2.45) is 0 Å². The van der Waals surface area contributed by atoms with Crippen LogP contribution in [-0.4, -0.2) is 18.4 Å². The quantitative estimate of drug-likeness (QED) is 0.531.